The van der Waals surface area contributed by atoms with Gasteiger partial charge in [0.15, 0.2) is 0 Å². The highest BCUT2D eigenvalue weighted by Gasteiger charge is 2.04. The number of carbonyl (C=O) groups is 2. The van der Waals surface area contributed by atoms with Crippen LogP contribution in [0.1, 0.15) is 15.9 Å². The summed E-state index contributed by atoms with van der Waals surface area (Å²) in [5.41, 5.74) is 1.35. The molecule has 5 heteroatoms. The Bertz CT molecular complexity index is 710. The van der Waals surface area contributed by atoms with E-state index in [-0.39, 0.29) is 11.5 Å². The molecule has 0 saturated heterocycles. The zero-order valence-corrected chi connectivity index (χ0v) is 11.7. The highest BCUT2D eigenvalue weighted by atomic mass is 35.5. The first-order valence-electron chi connectivity index (χ1n) is 6.12. The van der Waals surface area contributed by atoms with E-state index in [4.69, 9.17) is 16.7 Å². The Hall–Kier alpha value is -2.59. The predicted octanol–water partition coefficient (Wildman–Crippen LogP) is 3.69. The van der Waals surface area contributed by atoms with Crippen molar-refractivity contribution in [3.8, 4) is 0 Å². The largest absolute Gasteiger partial charge is 0.478 e. The molecule has 21 heavy (non-hydrogen) atoms. The van der Waals surface area contributed by atoms with Gasteiger partial charge in [0.25, 0.3) is 0 Å². The summed E-state index contributed by atoms with van der Waals surface area (Å²) < 4.78 is 0. The van der Waals surface area contributed by atoms with E-state index in [1.165, 1.54) is 18.2 Å². The van der Waals surface area contributed by atoms with Crippen molar-refractivity contribution in [3.05, 3.63) is 70.8 Å². The second kappa shape index (κ2) is 6.72. The highest BCUT2D eigenvalue weighted by molar-refractivity contribution is 6.30. The first-order valence-corrected chi connectivity index (χ1v) is 6.50. The van der Waals surface area contributed by atoms with Gasteiger partial charge < -0.3 is 10.4 Å². The lowest BCUT2D eigenvalue weighted by molar-refractivity contribution is -0.111. The fourth-order valence-corrected chi connectivity index (χ4v) is 1.89. The Morgan fingerprint density at radius 3 is 2.57 bits per heavy atom. The van der Waals surface area contributed by atoms with Gasteiger partial charge in [0.2, 0.25) is 5.91 Å². The lowest BCUT2D eigenvalue weighted by Crippen LogP contribution is -2.08. The van der Waals surface area contributed by atoms with Crippen molar-refractivity contribution in [2.45, 2.75) is 0 Å². The van der Waals surface area contributed by atoms with Gasteiger partial charge >= 0.3 is 5.97 Å². The summed E-state index contributed by atoms with van der Waals surface area (Å²) in [5.74, 6) is -1.39. The molecule has 0 spiro atoms. The van der Waals surface area contributed by atoms with Crippen molar-refractivity contribution >= 4 is 35.2 Å². The smallest absolute Gasteiger partial charge is 0.335 e. The molecule has 0 saturated carbocycles. The molecule has 106 valence electrons. The van der Waals surface area contributed by atoms with Crippen molar-refractivity contribution in [2.24, 2.45) is 0 Å². The number of carbonyl (C=O) groups excluding carboxylic acids is 1. The summed E-state index contributed by atoms with van der Waals surface area (Å²) in [7, 11) is 0. The van der Waals surface area contributed by atoms with E-state index >= 15 is 0 Å². The minimum absolute atomic E-state index is 0.117. The average Bonchev–Trinajstić information content (AvgIpc) is 2.45. The van der Waals surface area contributed by atoms with Crippen molar-refractivity contribution in [1.82, 2.24) is 0 Å². The summed E-state index contributed by atoms with van der Waals surface area (Å²) in [6.07, 6.45) is 2.99. The number of nitrogens with one attached hydrogen (secondary N) is 1. The molecule has 0 radical (unpaired) electrons. The molecule has 0 aliphatic heterocycles. The van der Waals surface area contributed by atoms with Crippen LogP contribution in [0.25, 0.3) is 6.08 Å². The van der Waals surface area contributed by atoms with Gasteiger partial charge in [-0.3, -0.25) is 4.79 Å². The van der Waals surface area contributed by atoms with Crippen LogP contribution in [-0.4, -0.2) is 17.0 Å². The molecule has 4 nitrogen and oxygen atoms in total. The first kappa shape index (κ1) is 14.8. The lowest BCUT2D eigenvalue weighted by Gasteiger charge is -2.03. The first-order chi connectivity index (χ1) is 10.0. The minimum Gasteiger partial charge on any atom is -0.478 e. The van der Waals surface area contributed by atoms with E-state index in [9.17, 15) is 9.59 Å². The molecule has 0 atom stereocenters. The summed E-state index contributed by atoms with van der Waals surface area (Å²) in [6, 6.07) is 13.1. The molecule has 2 N–H and O–H groups in total. The second-order valence-corrected chi connectivity index (χ2v) is 4.70. The van der Waals surface area contributed by atoms with Gasteiger partial charge in [-0.25, -0.2) is 4.79 Å². The van der Waals surface area contributed by atoms with Crippen LogP contribution in [-0.2, 0) is 4.79 Å². The van der Waals surface area contributed by atoms with Gasteiger partial charge in [-0.2, -0.15) is 0 Å². The third kappa shape index (κ3) is 4.47. The highest BCUT2D eigenvalue weighted by Crippen LogP contribution is 2.13. The SMILES string of the molecule is O=C(C=Cc1cccc(Cl)c1)Nc1cccc(C(=O)O)c1. The Morgan fingerprint density at radius 2 is 1.86 bits per heavy atom. The summed E-state index contributed by atoms with van der Waals surface area (Å²) >= 11 is 5.85. The Labute approximate surface area is 126 Å². The number of hydrogen-bond donors (Lipinski definition) is 2. The van der Waals surface area contributed by atoms with Crippen LogP contribution in [0.3, 0.4) is 0 Å². The number of carboxylic acid groups (broad SMARTS) is 1. The third-order valence-electron chi connectivity index (χ3n) is 2.65. The maximum absolute atomic E-state index is 11.8. The predicted molar refractivity (Wildman–Crippen MR) is 82.5 cm³/mol. The lowest BCUT2D eigenvalue weighted by atomic mass is 10.2. The van der Waals surface area contributed by atoms with Crippen LogP contribution in [0.4, 0.5) is 5.69 Å². The molecular weight excluding hydrogens is 290 g/mol. The Balaban J connectivity index is 2.05. The van der Waals surface area contributed by atoms with Crippen molar-refractivity contribution in [1.29, 1.82) is 0 Å². The molecule has 0 bridgehead atoms. The van der Waals surface area contributed by atoms with E-state index in [1.54, 1.807) is 36.4 Å². The maximum atomic E-state index is 11.8. The van der Waals surface area contributed by atoms with Crippen LogP contribution < -0.4 is 5.32 Å². The van der Waals surface area contributed by atoms with Gasteiger partial charge in [0.1, 0.15) is 0 Å². The monoisotopic (exact) mass is 301 g/mol. The molecule has 0 heterocycles. The summed E-state index contributed by atoms with van der Waals surface area (Å²) in [6.45, 7) is 0. The van der Waals surface area contributed by atoms with Crippen LogP contribution >= 0.6 is 11.6 Å². The van der Waals surface area contributed by atoms with Crippen LogP contribution in [0.5, 0.6) is 0 Å². The third-order valence-corrected chi connectivity index (χ3v) is 2.89. The van der Waals surface area contributed by atoms with Crippen LogP contribution in [0.15, 0.2) is 54.6 Å². The van der Waals surface area contributed by atoms with E-state index in [1.807, 2.05) is 6.07 Å². The molecule has 2 rings (SSSR count). The van der Waals surface area contributed by atoms with Crippen molar-refractivity contribution in [3.63, 3.8) is 0 Å². The molecular formula is C16H12ClNO3. The zero-order chi connectivity index (χ0) is 15.2. The van der Waals surface area contributed by atoms with Gasteiger partial charge in [-0.05, 0) is 42.0 Å². The number of rotatable bonds is 4. The molecule has 0 fully saturated rings. The van der Waals surface area contributed by atoms with E-state index < -0.39 is 5.97 Å². The standard InChI is InChI=1S/C16H12ClNO3/c17-13-5-1-3-11(9-13)7-8-15(19)18-14-6-2-4-12(10-14)16(20)21/h1-10H,(H,18,19)(H,20,21). The molecule has 2 aromatic carbocycles. The van der Waals surface area contributed by atoms with Gasteiger partial charge in [-0.15, -0.1) is 0 Å². The topological polar surface area (TPSA) is 66.4 Å². The zero-order valence-electron chi connectivity index (χ0n) is 10.9. The fraction of sp³-hybridized carbons (Fsp3) is 0. The Kier molecular flexibility index (Phi) is 4.74. The van der Waals surface area contributed by atoms with E-state index in [0.717, 1.165) is 5.56 Å². The van der Waals surface area contributed by atoms with Crippen molar-refractivity contribution < 1.29 is 14.7 Å². The average molecular weight is 302 g/mol. The van der Waals surface area contributed by atoms with E-state index in [2.05, 4.69) is 5.32 Å². The maximum Gasteiger partial charge on any atom is 0.335 e. The number of aromatic carboxylic acids is 1. The molecule has 0 aliphatic rings. The number of hydrogen-bond acceptors (Lipinski definition) is 2. The Morgan fingerprint density at radius 1 is 1.10 bits per heavy atom. The van der Waals surface area contributed by atoms with Crippen LogP contribution in [0, 0.1) is 0 Å². The molecule has 2 aromatic rings. The molecule has 0 aromatic heterocycles. The summed E-state index contributed by atoms with van der Waals surface area (Å²) in [5, 5.41) is 12.1. The normalized spacial score (nSPS) is 10.5. The number of anilines is 1. The minimum atomic E-state index is -1.04. The van der Waals surface area contributed by atoms with Gasteiger partial charge in [-0.1, -0.05) is 29.8 Å². The fourth-order valence-electron chi connectivity index (χ4n) is 1.70. The number of halogens is 1. The molecule has 1 amide bonds. The molecule has 0 unspecified atom stereocenters. The summed E-state index contributed by atoms with van der Waals surface area (Å²) in [4.78, 5) is 22.6. The quantitative estimate of drug-likeness (QED) is 0.846. The van der Waals surface area contributed by atoms with Crippen LogP contribution in [0.2, 0.25) is 5.02 Å². The molecule has 0 aliphatic carbocycles. The number of carboxylic acids is 1. The van der Waals surface area contributed by atoms with Gasteiger partial charge in [0.05, 0.1) is 5.56 Å². The van der Waals surface area contributed by atoms with Gasteiger partial charge in [0, 0.05) is 16.8 Å². The van der Waals surface area contributed by atoms with Crippen molar-refractivity contribution in [2.75, 3.05) is 5.32 Å². The number of amides is 1. The number of benzene rings is 2. The second-order valence-electron chi connectivity index (χ2n) is 4.26. The van der Waals surface area contributed by atoms with E-state index in [0.29, 0.717) is 10.7 Å².